The molecule has 2 N–H and O–H groups in total. The Kier molecular flexibility index (Phi) is 8.54. The van der Waals surface area contributed by atoms with Gasteiger partial charge in [-0.3, -0.25) is 25.1 Å². The first-order valence-corrected chi connectivity index (χ1v) is 15.8. The lowest BCUT2D eigenvalue weighted by Crippen LogP contribution is -2.74. The smallest absolute Gasteiger partial charge is 0.246 e. The van der Waals surface area contributed by atoms with E-state index in [4.69, 9.17) is 4.74 Å². The average Bonchev–Trinajstić information content (AvgIpc) is 3.41. The number of rotatable bonds is 6. The minimum absolute atomic E-state index is 0.0795. The second kappa shape index (κ2) is 12.2. The van der Waals surface area contributed by atoms with Crippen molar-refractivity contribution in [3.63, 3.8) is 0 Å². The summed E-state index contributed by atoms with van der Waals surface area (Å²) in [4.78, 5) is 33.6. The van der Waals surface area contributed by atoms with Crippen LogP contribution in [0.2, 0.25) is 0 Å². The van der Waals surface area contributed by atoms with E-state index in [1.165, 1.54) is 29.2 Å². The molecule has 0 bridgehead atoms. The van der Waals surface area contributed by atoms with Crippen LogP contribution in [0.15, 0.2) is 30.9 Å². The van der Waals surface area contributed by atoms with Gasteiger partial charge in [0.25, 0.3) is 0 Å². The highest BCUT2D eigenvalue weighted by Gasteiger charge is 2.55. The lowest BCUT2D eigenvalue weighted by atomic mass is 9.59. The lowest BCUT2D eigenvalue weighted by Gasteiger charge is -2.55. The first-order valence-electron chi connectivity index (χ1n) is 15.8. The number of carbonyl (C=O) groups is 2. The number of piperazine rings is 1. The molecule has 5 aliphatic rings. The van der Waals surface area contributed by atoms with Gasteiger partial charge in [0, 0.05) is 37.0 Å². The Bertz CT molecular complexity index is 1250. The molecule has 9 nitrogen and oxygen atoms in total. The monoisotopic (exact) mass is 574 g/mol. The van der Waals surface area contributed by atoms with Gasteiger partial charge in [0.2, 0.25) is 5.91 Å². The fourth-order valence-electron chi connectivity index (χ4n) is 8.39. The van der Waals surface area contributed by atoms with Crippen LogP contribution in [0.3, 0.4) is 0 Å². The fourth-order valence-corrected chi connectivity index (χ4v) is 8.39. The Labute approximate surface area is 250 Å². The summed E-state index contributed by atoms with van der Waals surface area (Å²) in [5.41, 5.74) is 3.62. The molecule has 1 spiro atoms. The van der Waals surface area contributed by atoms with Crippen LogP contribution in [0.4, 0.5) is 0 Å². The number of carbonyl (C=O) groups excluding carboxylic acids is 2. The zero-order valence-corrected chi connectivity index (χ0v) is 25.2. The highest BCUT2D eigenvalue weighted by Crippen LogP contribution is 2.47. The van der Waals surface area contributed by atoms with E-state index in [2.05, 4.69) is 65.3 Å². The number of benzene rings is 1. The predicted octanol–water partition coefficient (Wildman–Crippen LogP) is 2.34. The molecule has 4 fully saturated rings. The minimum Gasteiger partial charge on any atom is -0.348 e. The van der Waals surface area contributed by atoms with Gasteiger partial charge < -0.3 is 14.5 Å². The quantitative estimate of drug-likeness (QED) is 0.500. The number of nitrogens with one attached hydrogen (secondary N) is 2. The Hall–Kier alpha value is -2.61. The number of aryl methyl sites for hydroxylation is 2. The molecular formula is C33H46N6O3. The van der Waals surface area contributed by atoms with Crippen LogP contribution in [0.25, 0.3) is 0 Å². The molecule has 0 aromatic heterocycles. The molecule has 7 atom stereocenters. The highest BCUT2D eigenvalue weighted by atomic mass is 16.5. The van der Waals surface area contributed by atoms with E-state index in [9.17, 15) is 14.9 Å². The van der Waals surface area contributed by atoms with Gasteiger partial charge in [-0.2, -0.15) is 5.26 Å². The molecule has 1 aromatic carbocycles. The van der Waals surface area contributed by atoms with Gasteiger partial charge in [0.15, 0.2) is 12.1 Å². The van der Waals surface area contributed by atoms with Crippen LogP contribution in [-0.4, -0.2) is 96.9 Å². The van der Waals surface area contributed by atoms with Crippen LogP contribution in [0, 0.1) is 29.6 Å². The number of hydrogen-bond acceptors (Lipinski definition) is 8. The van der Waals surface area contributed by atoms with Crippen LogP contribution < -0.4 is 10.6 Å². The van der Waals surface area contributed by atoms with Crippen molar-refractivity contribution < 1.29 is 14.3 Å². The van der Waals surface area contributed by atoms with E-state index in [0.29, 0.717) is 38.1 Å². The predicted molar refractivity (Wildman–Crippen MR) is 160 cm³/mol. The summed E-state index contributed by atoms with van der Waals surface area (Å²) in [5.74, 6) is 0.286. The number of nitriles is 1. The van der Waals surface area contributed by atoms with Crippen LogP contribution in [0.1, 0.15) is 55.2 Å². The van der Waals surface area contributed by atoms with Crippen LogP contribution >= 0.6 is 0 Å². The summed E-state index contributed by atoms with van der Waals surface area (Å²) in [6.45, 7) is 9.28. The first kappa shape index (κ1) is 29.5. The van der Waals surface area contributed by atoms with E-state index < -0.39 is 6.35 Å². The molecule has 6 rings (SSSR count). The molecule has 2 aliphatic carbocycles. The number of ether oxygens (including phenoxy) is 1. The first-order chi connectivity index (χ1) is 20.3. The number of hydrogen-bond donors (Lipinski definition) is 2. The van der Waals surface area contributed by atoms with Gasteiger partial charge in [-0.1, -0.05) is 30.3 Å². The molecule has 3 saturated heterocycles. The minimum atomic E-state index is -0.440. The number of fused-ring (bicyclic) bond motifs is 2. The fraction of sp³-hybridized carbons (Fsp3) is 0.667. The topological polar surface area (TPSA) is 101 Å². The third-order valence-corrected chi connectivity index (χ3v) is 10.8. The maximum atomic E-state index is 14.6. The molecule has 3 heterocycles. The largest absolute Gasteiger partial charge is 0.348 e. The lowest BCUT2D eigenvalue weighted by molar-refractivity contribution is -0.154. The molecule has 1 aromatic rings. The van der Waals surface area contributed by atoms with E-state index in [1.54, 1.807) is 4.90 Å². The zero-order valence-electron chi connectivity index (χ0n) is 25.2. The zero-order chi connectivity index (χ0) is 29.4. The SMILES string of the molecule is C=CC(=O)N1CCN(C2NC(OCC3CCCN3C)NC3C(=O)C4(CCc5ccc(C)cc5C4)CCC32)CC1CC#N. The summed E-state index contributed by atoms with van der Waals surface area (Å²) in [5, 5.41) is 16.9. The second-order valence-electron chi connectivity index (χ2n) is 13.3. The third-order valence-electron chi connectivity index (χ3n) is 10.8. The Morgan fingerprint density at radius 1 is 1.19 bits per heavy atom. The summed E-state index contributed by atoms with van der Waals surface area (Å²) in [6, 6.07) is 8.84. The second-order valence-corrected chi connectivity index (χ2v) is 13.3. The number of likely N-dealkylation sites (tertiary alicyclic amines) is 1. The van der Waals surface area contributed by atoms with Crippen molar-refractivity contribution in [3.8, 4) is 6.07 Å². The van der Waals surface area contributed by atoms with E-state index >= 15 is 0 Å². The summed E-state index contributed by atoms with van der Waals surface area (Å²) >= 11 is 0. The number of nitrogens with zero attached hydrogens (tertiary/aromatic N) is 4. The molecule has 0 radical (unpaired) electrons. The van der Waals surface area contributed by atoms with Crippen molar-refractivity contribution in [1.82, 2.24) is 25.3 Å². The molecule has 1 saturated carbocycles. The highest BCUT2D eigenvalue weighted by molar-refractivity contribution is 5.91. The van der Waals surface area contributed by atoms with E-state index in [-0.39, 0.29) is 41.9 Å². The van der Waals surface area contributed by atoms with Crippen molar-refractivity contribution in [2.45, 2.75) is 88.9 Å². The molecule has 9 heteroatoms. The van der Waals surface area contributed by atoms with Crippen molar-refractivity contribution in [3.05, 3.63) is 47.5 Å². The van der Waals surface area contributed by atoms with Crippen molar-refractivity contribution in [2.24, 2.45) is 11.3 Å². The van der Waals surface area contributed by atoms with Gasteiger partial charge >= 0.3 is 0 Å². The Balaban J connectivity index is 1.24. The number of Topliss-reactive ketones (excluding diaryl/α,β-unsaturated/α-hetero) is 1. The molecule has 42 heavy (non-hydrogen) atoms. The summed E-state index contributed by atoms with van der Waals surface area (Å²) in [6.07, 6.45) is 7.87. The molecule has 226 valence electrons. The van der Waals surface area contributed by atoms with Crippen molar-refractivity contribution >= 4 is 11.7 Å². The van der Waals surface area contributed by atoms with Gasteiger partial charge in [-0.15, -0.1) is 0 Å². The molecular weight excluding hydrogens is 528 g/mol. The van der Waals surface area contributed by atoms with Gasteiger partial charge in [0.1, 0.15) is 0 Å². The summed E-state index contributed by atoms with van der Waals surface area (Å²) < 4.78 is 6.48. The van der Waals surface area contributed by atoms with Gasteiger partial charge in [0.05, 0.1) is 37.3 Å². The average molecular weight is 575 g/mol. The number of amides is 1. The van der Waals surface area contributed by atoms with Gasteiger partial charge in [-0.05, 0) is 82.7 Å². The van der Waals surface area contributed by atoms with E-state index in [0.717, 1.165) is 45.1 Å². The standard InChI is InChI=1S/C33H46N6O3/c1-4-28(40)39-17-16-38(20-25(39)11-14-34)31-27-10-13-33(12-9-23-8-7-22(2)18-24(23)19-33)30(41)29(27)35-32(36-31)42-21-26-6-5-15-37(26)3/h4,7-8,18,25-27,29,31-32,35-36H,1,5-6,9-13,15-17,19-21H2,2-3H3. The van der Waals surface area contributed by atoms with Crippen LogP contribution in [-0.2, 0) is 27.2 Å². The van der Waals surface area contributed by atoms with Crippen molar-refractivity contribution in [1.29, 1.82) is 5.26 Å². The molecule has 1 amide bonds. The molecule has 7 unspecified atom stereocenters. The maximum absolute atomic E-state index is 14.6. The van der Waals surface area contributed by atoms with Crippen molar-refractivity contribution in [2.75, 3.05) is 39.8 Å². The van der Waals surface area contributed by atoms with Crippen LogP contribution in [0.5, 0.6) is 0 Å². The maximum Gasteiger partial charge on any atom is 0.246 e. The summed E-state index contributed by atoms with van der Waals surface area (Å²) in [7, 11) is 2.15. The van der Waals surface area contributed by atoms with E-state index in [1.807, 2.05) is 0 Å². The number of ketones is 1. The Morgan fingerprint density at radius 2 is 2.05 bits per heavy atom. The molecule has 3 aliphatic heterocycles. The Morgan fingerprint density at radius 3 is 2.81 bits per heavy atom. The van der Waals surface area contributed by atoms with Gasteiger partial charge in [-0.25, -0.2) is 0 Å². The number of likely N-dealkylation sites (N-methyl/N-ethyl adjacent to an activating group) is 1. The third kappa shape index (κ3) is 5.56. The normalized spacial score (nSPS) is 35.5.